The molecule has 0 spiro atoms. The van der Waals surface area contributed by atoms with Gasteiger partial charge in [-0.25, -0.2) is 0 Å². The maximum absolute atomic E-state index is 5.83. The summed E-state index contributed by atoms with van der Waals surface area (Å²) in [6.45, 7) is 11.2. The Balaban J connectivity index is 2.10. The molecule has 2 aromatic rings. The molecule has 4 nitrogen and oxygen atoms in total. The molecule has 0 amide bonds. The van der Waals surface area contributed by atoms with Gasteiger partial charge in [-0.1, -0.05) is 25.3 Å². The van der Waals surface area contributed by atoms with Crippen LogP contribution in [0.15, 0.2) is 86.5 Å². The summed E-state index contributed by atoms with van der Waals surface area (Å²) in [6, 6.07) is 12.6. The van der Waals surface area contributed by atoms with Gasteiger partial charge in [0.2, 0.25) is 0 Å². The van der Waals surface area contributed by atoms with Gasteiger partial charge in [-0.2, -0.15) is 9.13 Å². The zero-order valence-electron chi connectivity index (χ0n) is 14.2. The Morgan fingerprint density at radius 2 is 1.21 bits per heavy atom. The largest absolute Gasteiger partial charge is 0.329 e. The maximum atomic E-state index is 5.83. The van der Waals surface area contributed by atoms with E-state index in [2.05, 4.69) is 52.0 Å². The third kappa shape index (κ3) is 5.11. The monoisotopic (exact) mass is 324 g/mol. The Labute approximate surface area is 145 Å². The second-order valence-electron chi connectivity index (χ2n) is 5.80. The van der Waals surface area contributed by atoms with Crippen LogP contribution in [0.1, 0.15) is 12.1 Å². The van der Waals surface area contributed by atoms with Crippen LogP contribution in [-0.4, -0.2) is 31.1 Å². The maximum Gasteiger partial charge on any atom is 0.188 e. The predicted molar refractivity (Wildman–Crippen MR) is 97.2 cm³/mol. The highest BCUT2D eigenvalue weighted by molar-refractivity contribution is 4.89. The van der Waals surface area contributed by atoms with E-state index in [0.717, 1.165) is 19.6 Å². The SMILES string of the molecule is C=CC(CN(CCN)CC(C=C)[n+]1ccccc1)[n+]1ccccc1. The highest BCUT2D eigenvalue weighted by atomic mass is 15.2. The Kier molecular flexibility index (Phi) is 7.33. The number of pyridine rings is 2. The quantitative estimate of drug-likeness (QED) is 0.533. The van der Waals surface area contributed by atoms with Gasteiger partial charge in [-0.05, 0) is 12.2 Å². The van der Waals surface area contributed by atoms with Gasteiger partial charge in [0.15, 0.2) is 36.9 Å². The summed E-state index contributed by atoms with van der Waals surface area (Å²) in [5, 5.41) is 0. The summed E-state index contributed by atoms with van der Waals surface area (Å²) in [5.41, 5.74) is 5.83. The zero-order valence-corrected chi connectivity index (χ0v) is 14.2. The van der Waals surface area contributed by atoms with Gasteiger partial charge in [0.05, 0.1) is 13.1 Å². The molecule has 2 atom stereocenters. The molecule has 126 valence electrons. The Bertz CT molecular complexity index is 559. The highest BCUT2D eigenvalue weighted by Gasteiger charge is 2.23. The van der Waals surface area contributed by atoms with Gasteiger partial charge in [-0.3, -0.25) is 4.90 Å². The molecule has 0 aromatic carbocycles. The molecular weight excluding hydrogens is 296 g/mol. The Morgan fingerprint density at radius 3 is 1.54 bits per heavy atom. The molecule has 2 N–H and O–H groups in total. The van der Waals surface area contributed by atoms with Crippen LogP contribution in [0.2, 0.25) is 0 Å². The van der Waals surface area contributed by atoms with E-state index in [1.807, 2.05) is 48.6 Å². The van der Waals surface area contributed by atoms with Crippen molar-refractivity contribution in [2.24, 2.45) is 5.73 Å². The standard InChI is InChI=1S/C20H28N4/c1-3-19(23-12-7-5-8-13-23)17-22(16-11-21)18-20(4-2)24-14-9-6-10-15-24/h3-10,12-15,19-20H,1-2,11,16-18,21H2/q+2. The molecule has 0 aliphatic carbocycles. The number of rotatable bonds is 10. The minimum atomic E-state index is 0.212. The molecule has 0 aliphatic rings. The lowest BCUT2D eigenvalue weighted by molar-refractivity contribution is -0.717. The fourth-order valence-corrected chi connectivity index (χ4v) is 2.82. The van der Waals surface area contributed by atoms with Crippen molar-refractivity contribution in [3.05, 3.63) is 86.5 Å². The van der Waals surface area contributed by atoms with E-state index in [1.165, 1.54) is 0 Å². The van der Waals surface area contributed by atoms with E-state index >= 15 is 0 Å². The van der Waals surface area contributed by atoms with Crippen molar-refractivity contribution in [2.75, 3.05) is 26.2 Å². The van der Waals surface area contributed by atoms with E-state index in [1.54, 1.807) is 0 Å². The summed E-state index contributed by atoms with van der Waals surface area (Å²) in [7, 11) is 0. The lowest BCUT2D eigenvalue weighted by Gasteiger charge is -2.24. The number of nitrogens with two attached hydrogens (primary N) is 1. The zero-order chi connectivity index (χ0) is 17.2. The van der Waals surface area contributed by atoms with Crippen LogP contribution in [0, 0.1) is 0 Å². The van der Waals surface area contributed by atoms with Gasteiger partial charge in [0, 0.05) is 37.4 Å². The Morgan fingerprint density at radius 1 is 0.792 bits per heavy atom. The van der Waals surface area contributed by atoms with Crippen LogP contribution in [0.5, 0.6) is 0 Å². The van der Waals surface area contributed by atoms with Crippen molar-refractivity contribution < 1.29 is 9.13 Å². The number of nitrogens with zero attached hydrogens (tertiary/aromatic N) is 3. The van der Waals surface area contributed by atoms with Gasteiger partial charge in [0.1, 0.15) is 0 Å². The van der Waals surface area contributed by atoms with E-state index in [0.29, 0.717) is 6.54 Å². The van der Waals surface area contributed by atoms with E-state index in [9.17, 15) is 0 Å². The van der Waals surface area contributed by atoms with Crippen molar-refractivity contribution in [1.29, 1.82) is 0 Å². The predicted octanol–water partition coefficient (Wildman–Crippen LogP) is 1.68. The third-order valence-corrected chi connectivity index (χ3v) is 4.12. The molecule has 2 unspecified atom stereocenters. The van der Waals surface area contributed by atoms with Crippen LogP contribution in [0.25, 0.3) is 0 Å². The first-order chi connectivity index (χ1) is 11.8. The normalized spacial score (nSPS) is 13.4. The van der Waals surface area contributed by atoms with Gasteiger partial charge >= 0.3 is 0 Å². The lowest BCUT2D eigenvalue weighted by Crippen LogP contribution is -2.50. The van der Waals surface area contributed by atoms with Crippen LogP contribution < -0.4 is 14.9 Å². The molecule has 0 aliphatic heterocycles. The second-order valence-corrected chi connectivity index (χ2v) is 5.80. The van der Waals surface area contributed by atoms with Crippen molar-refractivity contribution >= 4 is 0 Å². The molecule has 0 saturated heterocycles. The second kappa shape index (κ2) is 9.75. The van der Waals surface area contributed by atoms with Crippen LogP contribution in [0.3, 0.4) is 0 Å². The average molecular weight is 324 g/mol. The van der Waals surface area contributed by atoms with Gasteiger partial charge in [-0.15, -0.1) is 0 Å². The molecule has 0 bridgehead atoms. The Hall–Kier alpha value is -2.30. The summed E-state index contributed by atoms with van der Waals surface area (Å²) >= 11 is 0. The van der Waals surface area contributed by atoms with Crippen LogP contribution in [-0.2, 0) is 0 Å². The third-order valence-electron chi connectivity index (χ3n) is 4.12. The number of hydrogen-bond acceptors (Lipinski definition) is 2. The minimum Gasteiger partial charge on any atom is -0.329 e. The topological polar surface area (TPSA) is 37.0 Å². The first-order valence-electron chi connectivity index (χ1n) is 8.37. The molecule has 2 heterocycles. The van der Waals surface area contributed by atoms with Crippen LogP contribution >= 0.6 is 0 Å². The van der Waals surface area contributed by atoms with Crippen molar-refractivity contribution in [2.45, 2.75) is 12.1 Å². The van der Waals surface area contributed by atoms with Crippen molar-refractivity contribution in [3.63, 3.8) is 0 Å². The first-order valence-corrected chi connectivity index (χ1v) is 8.37. The minimum absolute atomic E-state index is 0.212. The molecule has 0 radical (unpaired) electrons. The summed E-state index contributed by atoms with van der Waals surface area (Å²) in [6.07, 6.45) is 12.3. The van der Waals surface area contributed by atoms with Gasteiger partial charge < -0.3 is 5.73 Å². The lowest BCUT2D eigenvalue weighted by atomic mass is 10.2. The summed E-state index contributed by atoms with van der Waals surface area (Å²) in [5.74, 6) is 0. The van der Waals surface area contributed by atoms with E-state index in [4.69, 9.17) is 5.73 Å². The van der Waals surface area contributed by atoms with E-state index in [-0.39, 0.29) is 12.1 Å². The van der Waals surface area contributed by atoms with Gasteiger partial charge in [0.25, 0.3) is 0 Å². The summed E-state index contributed by atoms with van der Waals surface area (Å²) in [4.78, 5) is 2.37. The highest BCUT2D eigenvalue weighted by Crippen LogP contribution is 2.07. The van der Waals surface area contributed by atoms with Crippen molar-refractivity contribution in [3.8, 4) is 0 Å². The molecule has 2 rings (SSSR count). The molecule has 0 fully saturated rings. The first kappa shape index (κ1) is 18.0. The fourth-order valence-electron chi connectivity index (χ4n) is 2.82. The number of hydrogen-bond donors (Lipinski definition) is 1. The fraction of sp³-hybridized carbons (Fsp3) is 0.300. The van der Waals surface area contributed by atoms with Crippen molar-refractivity contribution in [1.82, 2.24) is 4.90 Å². The van der Waals surface area contributed by atoms with Crippen LogP contribution in [0.4, 0.5) is 0 Å². The molecule has 4 heteroatoms. The molecule has 2 aromatic heterocycles. The van der Waals surface area contributed by atoms with E-state index < -0.39 is 0 Å². The smallest absolute Gasteiger partial charge is 0.188 e. The molecular formula is C20H28N4+2. The number of aromatic nitrogens is 2. The average Bonchev–Trinajstić information content (AvgIpc) is 2.65. The molecule has 24 heavy (non-hydrogen) atoms. The molecule has 0 saturated carbocycles. The summed E-state index contributed by atoms with van der Waals surface area (Å²) < 4.78 is 4.35.